The van der Waals surface area contributed by atoms with Crippen LogP contribution in [0.4, 0.5) is 382 Å². The van der Waals surface area contributed by atoms with E-state index in [1.807, 2.05) is 122 Å². The summed E-state index contributed by atoms with van der Waals surface area (Å²) in [6, 6.07) is 34.3. The third kappa shape index (κ3) is 143. The summed E-state index contributed by atoms with van der Waals surface area (Å²) in [7, 11) is -1.35. The van der Waals surface area contributed by atoms with E-state index in [-0.39, 0.29) is 16.5 Å². The minimum Gasteiger partial charge on any atom is -0.423 e. The molecule has 908 valence electrons. The standard InChI is InChI=1S/C25H21N5O2.C18H14BrN5O2.C7H9BO2.40F2.FH/c1-15-6-4-5-7-20(15)19-10-11-23-26-13-22(30(23)14-19)25(31)28-21-12-18(9-8-16(21)2)24-27-17(3)32-29-24;1-10-3-4-12(17-21-11(2)26-23-17)7-14(10)22-18(25)15-8-20-16-6-5-13(19)9-24(15)16;1-6-4-2-3-5-7(6)8(9)10;40*1-2;/h4-14H,1-3H3,(H,28,31);3-9H,1-2H3,(H,22,25);2-5,9-10H,1H3;;;;;;;;;;;;;;;;;;;;;;;;;;;;;;;;;;;;;;;;;1H. The number of nitrogens with one attached hydrogen (secondary N) is 2. The first kappa shape index (κ1) is 238. The first-order valence-corrected chi connectivity index (χ1v) is 27.8. The van der Waals surface area contributed by atoms with Gasteiger partial charge >= 0.3 is 7.12 Å². The number of imidazole rings is 2. The summed E-state index contributed by atoms with van der Waals surface area (Å²) < 4.78 is 655. The zero-order valence-corrected chi connectivity index (χ0v) is 70.0. The number of benzene rings is 4. The van der Waals surface area contributed by atoms with Crippen molar-refractivity contribution in [2.75, 3.05) is 10.6 Å². The van der Waals surface area contributed by atoms with Crippen LogP contribution in [0.15, 0.2) is 148 Å². The lowest BCUT2D eigenvalue weighted by Crippen LogP contribution is -2.31. The monoisotopic (exact) mass is 2510 g/mol. The Hall–Kier alpha value is -13.7. The van der Waals surface area contributed by atoms with Crippen LogP contribution >= 0.6 is 15.9 Å². The largest absolute Gasteiger partial charge is 0.488 e. The van der Waals surface area contributed by atoms with Gasteiger partial charge in [0.05, 0.1) is 12.4 Å². The molecule has 0 radical (unpaired) electrons. The molecule has 6 aromatic heterocycles. The molecule has 0 aliphatic heterocycles. The van der Waals surface area contributed by atoms with E-state index < -0.39 is 7.12 Å². The fourth-order valence-corrected chi connectivity index (χ4v) is 7.54. The number of rotatable bonds is 8. The second-order valence-corrected chi connectivity index (χ2v) is 16.7. The highest BCUT2D eigenvalue weighted by Crippen LogP contribution is 2.28. The Morgan fingerprint density at radius 3 is 0.725 bits per heavy atom. The van der Waals surface area contributed by atoms with Gasteiger partial charge in [0.15, 0.2) is 0 Å². The molecule has 6 heterocycles. The quantitative estimate of drug-likeness (QED) is 0.0827. The molecule has 4 N–H and O–H groups in total. The van der Waals surface area contributed by atoms with E-state index in [1.54, 1.807) is 42.8 Å². The molecule has 0 fully saturated rings. The van der Waals surface area contributed by atoms with Crippen LogP contribution in [0, 0.1) is 41.5 Å². The van der Waals surface area contributed by atoms with Crippen molar-refractivity contribution < 1.29 is 399 Å². The minimum atomic E-state index is -1.35. The zero-order valence-electron chi connectivity index (χ0n) is 68.4. The van der Waals surface area contributed by atoms with Gasteiger partial charge in [0.1, 0.15) is 22.7 Å². The van der Waals surface area contributed by atoms with Crippen LogP contribution in [0.5, 0.6) is 0 Å². The minimum absolute atomic E-state index is 0. The van der Waals surface area contributed by atoms with Gasteiger partial charge in [0.25, 0.3) is 11.8 Å². The van der Waals surface area contributed by atoms with Crippen molar-refractivity contribution in [2.45, 2.75) is 41.5 Å². The molecule has 0 bridgehead atoms. The van der Waals surface area contributed by atoms with Crippen LogP contribution in [-0.2, 0) is 0 Å². The van der Waals surface area contributed by atoms with Gasteiger partial charge in [-0.15, -0.1) is 0 Å². The maximum absolute atomic E-state index is 13.2. The Kier molecular flexibility index (Phi) is 438. The second-order valence-electron chi connectivity index (χ2n) is 15.8. The van der Waals surface area contributed by atoms with Crippen molar-refractivity contribution in [3.63, 3.8) is 0 Å². The van der Waals surface area contributed by atoms with Gasteiger partial charge in [0, 0.05) is 419 Å². The molecule has 10 rings (SSSR count). The maximum atomic E-state index is 13.2. The number of halogens is 82. The fourth-order valence-electron chi connectivity index (χ4n) is 7.20. The van der Waals surface area contributed by atoms with E-state index in [1.165, 1.54) is 5.56 Å². The van der Waals surface area contributed by atoms with Crippen molar-refractivity contribution in [3.05, 3.63) is 184 Å². The number of hydrogen-bond donors (Lipinski definition) is 4. The summed E-state index contributed by atoms with van der Waals surface area (Å²) in [5.41, 5.74) is 11.8. The van der Waals surface area contributed by atoms with Crippen molar-refractivity contribution in [2.24, 2.45) is 0 Å². The molecule has 10 aromatic rings. The highest BCUT2D eigenvalue weighted by atomic mass is 79.9. The predicted molar refractivity (Wildman–Crippen MR) is 355 cm³/mol. The Morgan fingerprint density at radius 1 is 0.282 bits per heavy atom. The molecule has 0 atom stereocenters. The van der Waals surface area contributed by atoms with Gasteiger partial charge in [-0.3, -0.25) is 23.1 Å². The van der Waals surface area contributed by atoms with E-state index in [0.717, 1.165) is 43.4 Å². The number of pyridine rings is 2. The maximum Gasteiger partial charge on any atom is 0.488 e. The van der Waals surface area contributed by atoms with Crippen molar-refractivity contribution in [1.29, 1.82) is 0 Å². The number of nitrogens with zero attached hydrogens (tertiary/aromatic N) is 8. The third-order valence-corrected chi connectivity index (χ3v) is 11.4. The van der Waals surface area contributed by atoms with Crippen LogP contribution in [0.3, 0.4) is 0 Å². The molecule has 0 aliphatic rings. The fraction of sp³-hybridized carbons (Fsp3) is 0.120. The van der Waals surface area contributed by atoms with Crippen molar-refractivity contribution in [3.8, 4) is 33.9 Å². The summed E-state index contributed by atoms with van der Waals surface area (Å²) >= 11 is 3.41. The number of amides is 2. The molecular formula is C50H45BBrF81N10O6. The lowest BCUT2D eigenvalue weighted by Gasteiger charge is -2.11. The van der Waals surface area contributed by atoms with Gasteiger partial charge in [-0.25, -0.2) is 9.97 Å². The Labute approximate surface area is 771 Å². The van der Waals surface area contributed by atoms with Crippen LogP contribution in [0.25, 0.3) is 45.2 Å². The summed E-state index contributed by atoms with van der Waals surface area (Å²) in [5.74, 6) is 1.44. The third-order valence-electron chi connectivity index (χ3n) is 10.9. The van der Waals surface area contributed by atoms with E-state index in [0.29, 0.717) is 63.0 Å². The van der Waals surface area contributed by atoms with E-state index >= 15 is 0 Å². The molecule has 0 unspecified atom stereocenters. The first-order chi connectivity index (χ1) is 72.7. The molecular weight excluding hydrogens is 2470 g/mol. The second kappa shape index (κ2) is 274. The van der Waals surface area contributed by atoms with E-state index in [9.17, 15) is 9.59 Å². The van der Waals surface area contributed by atoms with E-state index in [4.69, 9.17) is 385 Å². The number of aryl methyl sites for hydroxylation is 6. The molecule has 0 spiro atoms. The molecule has 0 saturated carbocycles. The van der Waals surface area contributed by atoms with Gasteiger partial charge < -0.3 is 29.7 Å². The van der Waals surface area contributed by atoms with Gasteiger partial charge in [-0.1, -0.05) is 88.7 Å². The smallest absolute Gasteiger partial charge is 0.423 e. The van der Waals surface area contributed by atoms with Crippen LogP contribution in [0.2, 0.25) is 0 Å². The zero-order chi connectivity index (χ0) is 128. The van der Waals surface area contributed by atoms with Crippen LogP contribution in [0.1, 0.15) is 55.0 Å². The average molecular weight is 2510 g/mol. The molecule has 4 aromatic carbocycles. The summed E-state index contributed by atoms with van der Waals surface area (Å²) in [6.45, 7) is 11.2. The van der Waals surface area contributed by atoms with E-state index in [2.05, 4.69) is 75.9 Å². The Bertz CT molecular complexity index is 3600. The Balaban J connectivity index is -0.0000000319. The topological polar surface area (TPSA) is 211 Å². The Morgan fingerprint density at radius 2 is 0.503 bits per heavy atom. The first-order valence-electron chi connectivity index (χ1n) is 27.0. The summed E-state index contributed by atoms with van der Waals surface area (Å²) in [6.07, 6.45) is 6.90. The normalized spacial score (nSPS) is 6.56. The average Bonchev–Trinajstić information content (AvgIpc) is 1.66. The molecule has 16 nitrogen and oxygen atoms in total. The van der Waals surface area contributed by atoms with Gasteiger partial charge in [0.2, 0.25) is 23.4 Å². The highest BCUT2D eigenvalue weighted by Gasteiger charge is 2.18. The number of fused-ring (bicyclic) bond motifs is 2. The van der Waals surface area contributed by atoms with Crippen molar-refractivity contribution >= 4 is 63.0 Å². The lowest BCUT2D eigenvalue weighted by molar-refractivity contribution is 0.101. The summed E-state index contributed by atoms with van der Waals surface area (Å²) in [4.78, 5) is 43.1. The molecule has 99 heteroatoms. The molecule has 149 heavy (non-hydrogen) atoms. The highest BCUT2D eigenvalue weighted by molar-refractivity contribution is 9.10. The molecule has 0 aliphatic carbocycles. The number of carbonyl (C=O) groups is 2. The van der Waals surface area contributed by atoms with Crippen LogP contribution in [-0.4, -0.2) is 68.0 Å². The van der Waals surface area contributed by atoms with Gasteiger partial charge in [-0.05, 0) is 113 Å². The number of anilines is 2. The van der Waals surface area contributed by atoms with Gasteiger partial charge in [-0.2, -0.15) is 9.97 Å². The number of hydrogen-bond acceptors (Lipinski definition) is 12. The SMILES string of the molecule is Cc1ccccc1B(O)O.Cc1nc(-c2ccc(C)c(NC(=O)c3cnc4ccc(-c5ccccc5C)cn34)c2)no1.Cc1nc(-c2ccc(C)c(NC(=O)c3cnc4ccc(Br)cn34)c2)no1.F.FF.FF.FF.FF.FF.FF.FF.FF.FF.FF.FF.FF.FF.FF.FF.FF.FF.FF.FF.FF.FF.FF.FF.FF.FF.FF.FF.FF.FF.FF.FF.FF.FF.FF.FF.FF.FF.FF.FF.FF. The predicted octanol–water partition coefficient (Wildman–Crippen LogP) is 42.7. The molecule has 0 saturated heterocycles. The summed E-state index contributed by atoms with van der Waals surface area (Å²) in [5, 5.41) is 31.3. The lowest BCUT2D eigenvalue weighted by atomic mass is 9.77. The number of aromatic nitrogens is 8. The number of carbonyl (C=O) groups excluding carboxylic acids is 2. The van der Waals surface area contributed by atoms with Crippen molar-refractivity contribution in [1.82, 2.24) is 39.1 Å². The van der Waals surface area contributed by atoms with Crippen LogP contribution < -0.4 is 16.1 Å². The molecule has 2 amide bonds.